The highest BCUT2D eigenvalue weighted by Gasteiger charge is 2.22. The summed E-state index contributed by atoms with van der Waals surface area (Å²) in [6.45, 7) is 1.27. The molecule has 4 rings (SSSR count). The molecule has 2 N–H and O–H groups in total. The SMILES string of the molecule is COC(=O)c1cc(-c2[nH]c3cc(Br)cc4c3c2NCCO4)ccc1OC. The van der Waals surface area contributed by atoms with Crippen LogP contribution < -0.4 is 14.8 Å². The van der Waals surface area contributed by atoms with Crippen LogP contribution in [0, 0.1) is 0 Å². The van der Waals surface area contributed by atoms with Gasteiger partial charge in [0.1, 0.15) is 23.7 Å². The Balaban J connectivity index is 1.95. The summed E-state index contributed by atoms with van der Waals surface area (Å²) in [5.74, 6) is 0.853. The summed E-state index contributed by atoms with van der Waals surface area (Å²) in [6, 6.07) is 9.42. The third-order valence-electron chi connectivity index (χ3n) is 4.38. The molecule has 0 fully saturated rings. The van der Waals surface area contributed by atoms with E-state index in [1.807, 2.05) is 18.2 Å². The van der Waals surface area contributed by atoms with E-state index < -0.39 is 5.97 Å². The van der Waals surface area contributed by atoms with Gasteiger partial charge in [-0.2, -0.15) is 0 Å². The van der Waals surface area contributed by atoms with Crippen LogP contribution in [0.3, 0.4) is 0 Å². The average molecular weight is 417 g/mol. The van der Waals surface area contributed by atoms with Gasteiger partial charge in [-0.3, -0.25) is 0 Å². The number of esters is 1. The second-order valence-corrected chi connectivity index (χ2v) is 6.80. The maximum atomic E-state index is 12.1. The van der Waals surface area contributed by atoms with Crippen LogP contribution in [0.5, 0.6) is 11.5 Å². The lowest BCUT2D eigenvalue weighted by atomic mass is 10.1. The van der Waals surface area contributed by atoms with E-state index in [-0.39, 0.29) is 0 Å². The van der Waals surface area contributed by atoms with Crippen LogP contribution in [0.1, 0.15) is 10.4 Å². The first-order valence-corrected chi connectivity index (χ1v) is 8.90. The topological polar surface area (TPSA) is 72.6 Å². The highest BCUT2D eigenvalue weighted by atomic mass is 79.9. The number of carbonyl (C=O) groups is 1. The number of rotatable bonds is 3. The maximum absolute atomic E-state index is 12.1. The number of carbonyl (C=O) groups excluding carboxylic acids is 1. The van der Waals surface area contributed by atoms with E-state index in [4.69, 9.17) is 14.2 Å². The van der Waals surface area contributed by atoms with Crippen molar-refractivity contribution in [3.8, 4) is 22.8 Å². The van der Waals surface area contributed by atoms with Gasteiger partial charge in [0.2, 0.25) is 0 Å². The fourth-order valence-corrected chi connectivity index (χ4v) is 3.67. The van der Waals surface area contributed by atoms with Gasteiger partial charge in [-0.1, -0.05) is 15.9 Å². The molecule has 2 aromatic carbocycles. The zero-order valence-electron chi connectivity index (χ0n) is 14.3. The molecule has 1 aliphatic rings. The average Bonchev–Trinajstić information content (AvgIpc) is 2.88. The molecule has 0 radical (unpaired) electrons. The second kappa shape index (κ2) is 6.57. The fourth-order valence-electron chi connectivity index (χ4n) is 3.24. The smallest absolute Gasteiger partial charge is 0.341 e. The van der Waals surface area contributed by atoms with E-state index in [2.05, 4.69) is 26.2 Å². The number of ether oxygens (including phenoxy) is 3. The number of benzene rings is 2. The molecule has 1 aromatic heterocycles. The molecule has 0 spiro atoms. The third-order valence-corrected chi connectivity index (χ3v) is 4.84. The van der Waals surface area contributed by atoms with E-state index in [1.54, 1.807) is 12.1 Å². The summed E-state index contributed by atoms with van der Waals surface area (Å²) in [6.07, 6.45) is 0. The molecule has 0 amide bonds. The maximum Gasteiger partial charge on any atom is 0.341 e. The van der Waals surface area contributed by atoms with E-state index in [9.17, 15) is 4.79 Å². The Morgan fingerprint density at radius 3 is 2.85 bits per heavy atom. The molecule has 0 saturated heterocycles. The molecule has 3 aromatic rings. The van der Waals surface area contributed by atoms with Gasteiger partial charge in [0.15, 0.2) is 0 Å². The molecule has 0 unspecified atom stereocenters. The number of methoxy groups -OCH3 is 2. The van der Waals surface area contributed by atoms with Gasteiger partial charge < -0.3 is 24.5 Å². The van der Waals surface area contributed by atoms with Gasteiger partial charge in [-0.05, 0) is 30.3 Å². The molecular weight excluding hydrogens is 400 g/mol. The summed E-state index contributed by atoms with van der Waals surface area (Å²) >= 11 is 3.52. The van der Waals surface area contributed by atoms with Crippen molar-refractivity contribution in [3.05, 3.63) is 40.4 Å². The quantitative estimate of drug-likeness (QED) is 0.626. The van der Waals surface area contributed by atoms with Crippen molar-refractivity contribution >= 4 is 38.5 Å². The standard InChI is InChI=1S/C19H17BrN2O4/c1-24-14-4-3-10(7-12(14)19(23)25-2)17-18-16-13(22-17)8-11(20)9-15(16)26-6-5-21-18/h3-4,7-9,21-22H,5-6H2,1-2H3. The molecule has 1 aliphatic heterocycles. The number of nitrogens with one attached hydrogen (secondary N) is 2. The Morgan fingerprint density at radius 2 is 2.08 bits per heavy atom. The molecule has 2 heterocycles. The lowest BCUT2D eigenvalue weighted by Crippen LogP contribution is -2.09. The largest absolute Gasteiger partial charge is 0.496 e. The highest BCUT2D eigenvalue weighted by Crippen LogP contribution is 2.43. The minimum absolute atomic E-state index is 0.379. The number of aromatic nitrogens is 1. The molecule has 0 aliphatic carbocycles. The van der Waals surface area contributed by atoms with Crippen LogP contribution >= 0.6 is 15.9 Å². The minimum Gasteiger partial charge on any atom is -0.496 e. The molecular formula is C19H17BrN2O4. The second-order valence-electron chi connectivity index (χ2n) is 5.88. The van der Waals surface area contributed by atoms with Crippen molar-refractivity contribution in [2.24, 2.45) is 0 Å². The predicted molar refractivity (Wildman–Crippen MR) is 103 cm³/mol. The number of hydrogen-bond donors (Lipinski definition) is 2. The summed E-state index contributed by atoms with van der Waals surface area (Å²) < 4.78 is 17.0. The summed E-state index contributed by atoms with van der Waals surface area (Å²) in [4.78, 5) is 15.6. The highest BCUT2D eigenvalue weighted by molar-refractivity contribution is 9.10. The molecule has 0 saturated carbocycles. The summed E-state index contributed by atoms with van der Waals surface area (Å²) in [5.41, 5.74) is 4.03. The van der Waals surface area contributed by atoms with Crippen LogP contribution in [0.25, 0.3) is 22.2 Å². The first-order chi connectivity index (χ1) is 12.6. The Labute approximate surface area is 158 Å². The van der Waals surface area contributed by atoms with Gasteiger partial charge in [0.25, 0.3) is 0 Å². The first kappa shape index (κ1) is 16.8. The monoisotopic (exact) mass is 416 g/mol. The lowest BCUT2D eigenvalue weighted by molar-refractivity contribution is 0.0597. The van der Waals surface area contributed by atoms with Gasteiger partial charge in [-0.15, -0.1) is 0 Å². The zero-order chi connectivity index (χ0) is 18.3. The normalized spacial score (nSPS) is 12.9. The molecule has 0 bridgehead atoms. The number of aromatic amines is 1. The molecule has 6 nitrogen and oxygen atoms in total. The van der Waals surface area contributed by atoms with Gasteiger partial charge in [0, 0.05) is 16.6 Å². The van der Waals surface area contributed by atoms with Crippen molar-refractivity contribution in [3.63, 3.8) is 0 Å². The Kier molecular flexibility index (Phi) is 4.24. The first-order valence-electron chi connectivity index (χ1n) is 8.11. The molecule has 134 valence electrons. The van der Waals surface area contributed by atoms with Crippen LogP contribution in [-0.4, -0.2) is 38.3 Å². The Hall–Kier alpha value is -2.67. The predicted octanol–water partition coefficient (Wildman–Crippen LogP) is 4.20. The third kappa shape index (κ3) is 2.68. The van der Waals surface area contributed by atoms with E-state index in [1.165, 1.54) is 14.2 Å². The van der Waals surface area contributed by atoms with Crippen molar-refractivity contribution in [2.75, 3.05) is 32.7 Å². The van der Waals surface area contributed by atoms with Crippen molar-refractivity contribution in [1.29, 1.82) is 0 Å². The van der Waals surface area contributed by atoms with E-state index in [0.29, 0.717) is 24.5 Å². The van der Waals surface area contributed by atoms with E-state index in [0.717, 1.165) is 38.1 Å². The van der Waals surface area contributed by atoms with Gasteiger partial charge >= 0.3 is 5.97 Å². The Morgan fingerprint density at radius 1 is 1.23 bits per heavy atom. The number of halogens is 1. The number of H-pyrrole nitrogens is 1. The lowest BCUT2D eigenvalue weighted by Gasteiger charge is -2.10. The van der Waals surface area contributed by atoms with Crippen molar-refractivity contribution in [2.45, 2.75) is 0 Å². The van der Waals surface area contributed by atoms with Gasteiger partial charge in [-0.25, -0.2) is 4.79 Å². The number of hydrogen-bond acceptors (Lipinski definition) is 5. The zero-order valence-corrected chi connectivity index (χ0v) is 15.9. The summed E-state index contributed by atoms with van der Waals surface area (Å²) in [7, 11) is 2.88. The van der Waals surface area contributed by atoms with Crippen molar-refractivity contribution in [1.82, 2.24) is 4.98 Å². The van der Waals surface area contributed by atoms with Gasteiger partial charge in [0.05, 0.1) is 36.5 Å². The molecule has 7 heteroatoms. The van der Waals surface area contributed by atoms with Crippen LogP contribution in [0.15, 0.2) is 34.8 Å². The van der Waals surface area contributed by atoms with Crippen molar-refractivity contribution < 1.29 is 19.0 Å². The number of anilines is 1. The molecule has 26 heavy (non-hydrogen) atoms. The molecule has 0 atom stereocenters. The minimum atomic E-state index is -0.439. The van der Waals surface area contributed by atoms with E-state index >= 15 is 0 Å². The van der Waals surface area contributed by atoms with Crippen LogP contribution in [-0.2, 0) is 4.74 Å². The summed E-state index contributed by atoms with van der Waals surface area (Å²) in [5, 5.41) is 4.42. The Bertz CT molecular complexity index is 1010. The van der Waals surface area contributed by atoms with Crippen LogP contribution in [0.2, 0.25) is 0 Å². The fraction of sp³-hybridized carbons (Fsp3) is 0.211. The van der Waals surface area contributed by atoms with Crippen LogP contribution in [0.4, 0.5) is 5.69 Å².